The van der Waals surface area contributed by atoms with Crippen LogP contribution in [0.1, 0.15) is 10.7 Å². The highest BCUT2D eigenvalue weighted by Gasteiger charge is 2.07. The summed E-state index contributed by atoms with van der Waals surface area (Å²) in [5.74, 6) is 0.846. The fourth-order valence-electron chi connectivity index (χ4n) is 1.90. The van der Waals surface area contributed by atoms with Gasteiger partial charge in [-0.25, -0.2) is 9.97 Å². The first-order valence-electron chi connectivity index (χ1n) is 6.06. The third-order valence-corrected chi connectivity index (χ3v) is 3.52. The smallest absolute Gasteiger partial charge is 0.208 e. The van der Waals surface area contributed by atoms with Gasteiger partial charge in [0.25, 0.3) is 0 Å². The van der Waals surface area contributed by atoms with Crippen molar-refractivity contribution in [3.8, 4) is 5.69 Å². The number of aryl methyl sites for hydroxylation is 1. The third kappa shape index (κ3) is 2.66. The number of thiazole rings is 1. The van der Waals surface area contributed by atoms with Crippen molar-refractivity contribution >= 4 is 17.3 Å². The van der Waals surface area contributed by atoms with Crippen LogP contribution in [0.4, 0.5) is 5.95 Å². The Balaban J connectivity index is 1.85. The van der Waals surface area contributed by atoms with Crippen molar-refractivity contribution in [1.29, 1.82) is 0 Å². The normalized spacial score (nSPS) is 10.6. The zero-order valence-electron chi connectivity index (χ0n) is 10.6. The highest BCUT2D eigenvalue weighted by molar-refractivity contribution is 7.09. The van der Waals surface area contributed by atoms with Crippen molar-refractivity contribution < 1.29 is 0 Å². The fraction of sp³-hybridized carbons (Fsp3) is 0.143. The van der Waals surface area contributed by atoms with Gasteiger partial charge in [0.2, 0.25) is 5.95 Å². The van der Waals surface area contributed by atoms with Gasteiger partial charge >= 0.3 is 0 Å². The molecular weight excluding hydrogens is 256 g/mol. The molecule has 0 spiro atoms. The molecule has 1 N–H and O–H groups in total. The first-order valence-corrected chi connectivity index (χ1v) is 6.94. The molecule has 2 aromatic heterocycles. The number of aromatic nitrogens is 3. The second-order valence-corrected chi connectivity index (χ2v) is 5.17. The molecule has 5 heteroatoms. The molecule has 3 aromatic rings. The van der Waals surface area contributed by atoms with Crippen LogP contribution in [0, 0.1) is 6.92 Å². The van der Waals surface area contributed by atoms with Gasteiger partial charge in [0.15, 0.2) is 0 Å². The highest BCUT2D eigenvalue weighted by Crippen LogP contribution is 2.17. The summed E-state index contributed by atoms with van der Waals surface area (Å²) in [6, 6.07) is 10.2. The van der Waals surface area contributed by atoms with Gasteiger partial charge < -0.3 is 5.32 Å². The zero-order valence-corrected chi connectivity index (χ0v) is 11.4. The van der Waals surface area contributed by atoms with E-state index in [4.69, 9.17) is 0 Å². The second-order valence-electron chi connectivity index (χ2n) is 4.19. The second kappa shape index (κ2) is 5.24. The molecule has 4 nitrogen and oxygen atoms in total. The molecule has 19 heavy (non-hydrogen) atoms. The van der Waals surface area contributed by atoms with Crippen LogP contribution in [0.25, 0.3) is 5.69 Å². The van der Waals surface area contributed by atoms with Gasteiger partial charge in [-0.15, -0.1) is 11.3 Å². The van der Waals surface area contributed by atoms with E-state index in [0.29, 0.717) is 6.54 Å². The van der Waals surface area contributed by atoms with Crippen molar-refractivity contribution in [2.75, 3.05) is 5.32 Å². The van der Waals surface area contributed by atoms with Gasteiger partial charge in [-0.3, -0.25) is 4.57 Å². The number of nitrogens with one attached hydrogen (secondary N) is 1. The van der Waals surface area contributed by atoms with Crippen molar-refractivity contribution in [3.63, 3.8) is 0 Å². The van der Waals surface area contributed by atoms with Gasteiger partial charge in [0, 0.05) is 23.5 Å². The number of nitrogens with zero attached hydrogens (tertiary/aromatic N) is 3. The molecule has 0 aliphatic heterocycles. The molecular formula is C14H14N4S. The molecule has 0 atom stereocenters. The molecule has 0 aliphatic rings. The van der Waals surface area contributed by atoms with Crippen molar-refractivity contribution in [2.24, 2.45) is 0 Å². The van der Waals surface area contributed by atoms with E-state index < -0.39 is 0 Å². The number of hydrogen-bond acceptors (Lipinski definition) is 4. The Morgan fingerprint density at radius 1 is 1.26 bits per heavy atom. The minimum atomic E-state index is 0.695. The molecule has 0 saturated carbocycles. The Morgan fingerprint density at radius 3 is 2.84 bits per heavy atom. The molecule has 0 saturated heterocycles. The van der Waals surface area contributed by atoms with E-state index in [1.807, 2.05) is 42.9 Å². The molecule has 0 unspecified atom stereocenters. The zero-order chi connectivity index (χ0) is 13.1. The number of imidazole rings is 1. The van der Waals surface area contributed by atoms with Gasteiger partial charge in [-0.05, 0) is 19.1 Å². The number of anilines is 1. The SMILES string of the molecule is Cc1cn(-c2ccccc2)c(NCc2nccs2)n1. The summed E-state index contributed by atoms with van der Waals surface area (Å²) in [4.78, 5) is 8.77. The predicted octanol–water partition coefficient (Wildman–Crippen LogP) is 3.25. The fourth-order valence-corrected chi connectivity index (χ4v) is 2.46. The minimum Gasteiger partial charge on any atom is -0.349 e. The lowest BCUT2D eigenvalue weighted by Gasteiger charge is -2.08. The third-order valence-electron chi connectivity index (χ3n) is 2.74. The summed E-state index contributed by atoms with van der Waals surface area (Å²) in [5.41, 5.74) is 2.09. The molecule has 2 heterocycles. The molecule has 0 radical (unpaired) electrons. The molecule has 0 amide bonds. The van der Waals surface area contributed by atoms with E-state index in [2.05, 4.69) is 32.0 Å². The van der Waals surface area contributed by atoms with Crippen LogP contribution >= 0.6 is 11.3 Å². The van der Waals surface area contributed by atoms with E-state index in [1.165, 1.54) is 0 Å². The first kappa shape index (κ1) is 11.9. The van der Waals surface area contributed by atoms with Gasteiger partial charge in [0.1, 0.15) is 5.01 Å². The molecule has 3 rings (SSSR count). The van der Waals surface area contributed by atoms with Crippen LogP contribution in [0.3, 0.4) is 0 Å². The monoisotopic (exact) mass is 270 g/mol. The summed E-state index contributed by atoms with van der Waals surface area (Å²) in [6.07, 6.45) is 3.84. The van der Waals surface area contributed by atoms with E-state index in [0.717, 1.165) is 22.3 Å². The number of rotatable bonds is 4. The van der Waals surface area contributed by atoms with E-state index in [1.54, 1.807) is 11.3 Å². The molecule has 96 valence electrons. The quantitative estimate of drug-likeness (QED) is 0.791. The largest absolute Gasteiger partial charge is 0.349 e. The van der Waals surface area contributed by atoms with Crippen molar-refractivity contribution in [2.45, 2.75) is 13.5 Å². The summed E-state index contributed by atoms with van der Waals surface area (Å²) < 4.78 is 2.06. The lowest BCUT2D eigenvalue weighted by atomic mass is 10.3. The van der Waals surface area contributed by atoms with Crippen LogP contribution in [0.5, 0.6) is 0 Å². The number of benzene rings is 1. The van der Waals surface area contributed by atoms with Gasteiger partial charge in [0.05, 0.1) is 12.2 Å². The Morgan fingerprint density at radius 2 is 2.11 bits per heavy atom. The maximum Gasteiger partial charge on any atom is 0.208 e. The summed E-state index contributed by atoms with van der Waals surface area (Å²) in [6.45, 7) is 2.69. The van der Waals surface area contributed by atoms with Gasteiger partial charge in [-0.1, -0.05) is 18.2 Å². The lowest BCUT2D eigenvalue weighted by molar-refractivity contribution is 0.995. The number of hydrogen-bond donors (Lipinski definition) is 1. The summed E-state index contributed by atoms with van der Waals surface area (Å²) in [7, 11) is 0. The maximum absolute atomic E-state index is 4.52. The number of para-hydroxylation sites is 1. The van der Waals surface area contributed by atoms with Crippen LogP contribution in [0.15, 0.2) is 48.1 Å². The standard InChI is InChI=1S/C14H14N4S/c1-11-10-18(12-5-3-2-4-6-12)14(17-11)16-9-13-15-7-8-19-13/h2-8,10H,9H2,1H3,(H,16,17). The van der Waals surface area contributed by atoms with E-state index >= 15 is 0 Å². The topological polar surface area (TPSA) is 42.7 Å². The van der Waals surface area contributed by atoms with Crippen LogP contribution < -0.4 is 5.32 Å². The maximum atomic E-state index is 4.52. The summed E-state index contributed by atoms with van der Waals surface area (Å²) in [5, 5.41) is 6.37. The minimum absolute atomic E-state index is 0.695. The van der Waals surface area contributed by atoms with Crippen LogP contribution in [0.2, 0.25) is 0 Å². The van der Waals surface area contributed by atoms with E-state index in [-0.39, 0.29) is 0 Å². The first-order chi connectivity index (χ1) is 9.33. The Bertz CT molecular complexity index is 643. The van der Waals surface area contributed by atoms with Crippen molar-refractivity contribution in [3.05, 3.63) is 58.8 Å². The average Bonchev–Trinajstić information content (AvgIpc) is 3.06. The van der Waals surface area contributed by atoms with E-state index in [9.17, 15) is 0 Å². The molecule has 0 fully saturated rings. The molecule has 0 aliphatic carbocycles. The molecule has 1 aromatic carbocycles. The Kier molecular flexibility index (Phi) is 3.29. The highest BCUT2D eigenvalue weighted by atomic mass is 32.1. The Labute approximate surface area is 115 Å². The Hall–Kier alpha value is -2.14. The van der Waals surface area contributed by atoms with Gasteiger partial charge in [-0.2, -0.15) is 0 Å². The summed E-state index contributed by atoms with van der Waals surface area (Å²) >= 11 is 1.64. The van der Waals surface area contributed by atoms with Crippen molar-refractivity contribution in [1.82, 2.24) is 14.5 Å². The van der Waals surface area contributed by atoms with Crippen LogP contribution in [-0.2, 0) is 6.54 Å². The lowest BCUT2D eigenvalue weighted by Crippen LogP contribution is -2.05. The average molecular weight is 270 g/mol. The predicted molar refractivity (Wildman–Crippen MR) is 77.7 cm³/mol. The molecule has 0 bridgehead atoms. The van der Waals surface area contributed by atoms with Crippen LogP contribution in [-0.4, -0.2) is 14.5 Å².